The molecule has 14 heavy (non-hydrogen) atoms. The number of aliphatic hydroxyl groups is 3. The average Bonchev–Trinajstić information content (AvgIpc) is 2.22. The lowest BCUT2D eigenvalue weighted by Crippen LogP contribution is -2.42. The van der Waals surface area contributed by atoms with Crippen LogP contribution >= 0.6 is 0 Å². The Morgan fingerprint density at radius 2 is 2.07 bits per heavy atom. The van der Waals surface area contributed by atoms with E-state index < -0.39 is 24.9 Å². The van der Waals surface area contributed by atoms with Crippen LogP contribution in [0.1, 0.15) is 6.42 Å². The maximum absolute atomic E-state index is 10.5. The summed E-state index contributed by atoms with van der Waals surface area (Å²) in [5.41, 5.74) is 5.20. The normalized spacial score (nSPS) is 17.4. The van der Waals surface area contributed by atoms with Crippen LogP contribution in [-0.2, 0) is 9.53 Å². The predicted molar refractivity (Wildman–Crippen MR) is 48.6 cm³/mol. The highest BCUT2D eigenvalue weighted by atomic mass is 16.5. The quantitative estimate of drug-likeness (QED) is 0.261. The fourth-order valence-electron chi connectivity index (χ4n) is 0.848. The van der Waals surface area contributed by atoms with Crippen molar-refractivity contribution < 1.29 is 24.9 Å². The SMILES string of the molecule is NCCCOC(C=O)C(O)C(O)CO. The van der Waals surface area contributed by atoms with Crippen LogP contribution in [0.3, 0.4) is 0 Å². The number of hydrogen-bond acceptors (Lipinski definition) is 6. The lowest BCUT2D eigenvalue weighted by atomic mass is 10.1. The summed E-state index contributed by atoms with van der Waals surface area (Å²) in [5, 5.41) is 26.8. The second-order valence-electron chi connectivity index (χ2n) is 2.85. The van der Waals surface area contributed by atoms with E-state index in [9.17, 15) is 9.90 Å². The van der Waals surface area contributed by atoms with Crippen molar-refractivity contribution in [2.75, 3.05) is 19.8 Å². The summed E-state index contributed by atoms with van der Waals surface area (Å²) in [6, 6.07) is 0. The van der Waals surface area contributed by atoms with E-state index in [0.717, 1.165) is 0 Å². The maximum Gasteiger partial charge on any atom is 0.151 e. The topological polar surface area (TPSA) is 113 Å². The molecule has 0 spiro atoms. The molecule has 0 aromatic heterocycles. The minimum atomic E-state index is -1.41. The van der Waals surface area contributed by atoms with Crippen molar-refractivity contribution in [1.82, 2.24) is 0 Å². The fraction of sp³-hybridized carbons (Fsp3) is 0.875. The molecule has 0 aromatic rings. The number of aldehydes is 1. The Balaban J connectivity index is 3.92. The van der Waals surface area contributed by atoms with E-state index in [1.807, 2.05) is 0 Å². The van der Waals surface area contributed by atoms with Crippen molar-refractivity contribution in [3.8, 4) is 0 Å². The number of carbonyl (C=O) groups is 1. The molecule has 0 amide bonds. The van der Waals surface area contributed by atoms with Crippen LogP contribution in [0, 0.1) is 0 Å². The highest BCUT2D eigenvalue weighted by Crippen LogP contribution is 2.02. The lowest BCUT2D eigenvalue weighted by Gasteiger charge is -2.21. The summed E-state index contributed by atoms with van der Waals surface area (Å²) < 4.78 is 4.95. The summed E-state index contributed by atoms with van der Waals surface area (Å²) in [6.07, 6.45) is -2.95. The van der Waals surface area contributed by atoms with Gasteiger partial charge in [-0.1, -0.05) is 0 Å². The molecule has 0 saturated heterocycles. The monoisotopic (exact) mass is 207 g/mol. The highest BCUT2D eigenvalue weighted by molar-refractivity contribution is 5.57. The summed E-state index contributed by atoms with van der Waals surface area (Å²) in [7, 11) is 0. The van der Waals surface area contributed by atoms with Crippen molar-refractivity contribution in [2.45, 2.75) is 24.7 Å². The Bertz CT molecular complexity index is 155. The first-order chi connectivity index (χ1) is 6.67. The number of rotatable bonds is 8. The van der Waals surface area contributed by atoms with E-state index >= 15 is 0 Å². The molecule has 0 fully saturated rings. The number of hydrogen-bond donors (Lipinski definition) is 4. The molecule has 0 aliphatic heterocycles. The van der Waals surface area contributed by atoms with Gasteiger partial charge in [0, 0.05) is 6.61 Å². The first kappa shape index (κ1) is 13.5. The molecule has 6 nitrogen and oxygen atoms in total. The van der Waals surface area contributed by atoms with Crippen LogP contribution in [-0.4, -0.2) is 59.7 Å². The van der Waals surface area contributed by atoms with Crippen molar-refractivity contribution >= 4 is 6.29 Å². The zero-order valence-corrected chi connectivity index (χ0v) is 7.87. The van der Waals surface area contributed by atoms with Gasteiger partial charge in [0.1, 0.15) is 18.3 Å². The molecule has 0 bridgehead atoms. The fourth-order valence-corrected chi connectivity index (χ4v) is 0.848. The van der Waals surface area contributed by atoms with E-state index in [1.165, 1.54) is 0 Å². The molecule has 0 aliphatic rings. The van der Waals surface area contributed by atoms with Crippen LogP contribution in [0.2, 0.25) is 0 Å². The first-order valence-corrected chi connectivity index (χ1v) is 4.41. The number of nitrogens with two attached hydrogens (primary N) is 1. The predicted octanol–water partition coefficient (Wildman–Crippen LogP) is -2.37. The van der Waals surface area contributed by atoms with Gasteiger partial charge in [-0.15, -0.1) is 0 Å². The Morgan fingerprint density at radius 1 is 1.43 bits per heavy atom. The van der Waals surface area contributed by atoms with Crippen molar-refractivity contribution in [3.05, 3.63) is 0 Å². The molecule has 0 rings (SSSR count). The van der Waals surface area contributed by atoms with Gasteiger partial charge in [-0.05, 0) is 13.0 Å². The largest absolute Gasteiger partial charge is 0.394 e. The Kier molecular flexibility index (Phi) is 7.54. The van der Waals surface area contributed by atoms with Gasteiger partial charge >= 0.3 is 0 Å². The van der Waals surface area contributed by atoms with Gasteiger partial charge in [0.05, 0.1) is 6.61 Å². The van der Waals surface area contributed by atoms with E-state index in [1.54, 1.807) is 0 Å². The first-order valence-electron chi connectivity index (χ1n) is 4.41. The van der Waals surface area contributed by atoms with Crippen LogP contribution in [0.4, 0.5) is 0 Å². The molecule has 0 aromatic carbocycles. The minimum absolute atomic E-state index is 0.231. The molecule has 5 N–H and O–H groups in total. The third kappa shape index (κ3) is 4.64. The summed E-state index contributed by atoms with van der Waals surface area (Å²) in [6.45, 7) is 0.0328. The third-order valence-electron chi connectivity index (χ3n) is 1.71. The minimum Gasteiger partial charge on any atom is -0.394 e. The number of aliphatic hydroxyl groups excluding tert-OH is 3. The van der Waals surface area contributed by atoms with Gasteiger partial charge in [0.2, 0.25) is 0 Å². The molecule has 0 radical (unpaired) electrons. The van der Waals surface area contributed by atoms with E-state index in [4.69, 9.17) is 20.7 Å². The van der Waals surface area contributed by atoms with E-state index in [0.29, 0.717) is 19.3 Å². The van der Waals surface area contributed by atoms with Gasteiger partial charge in [-0.25, -0.2) is 0 Å². The zero-order valence-electron chi connectivity index (χ0n) is 7.87. The van der Waals surface area contributed by atoms with Crippen molar-refractivity contribution in [3.63, 3.8) is 0 Å². The van der Waals surface area contributed by atoms with Gasteiger partial charge in [-0.2, -0.15) is 0 Å². The van der Waals surface area contributed by atoms with Gasteiger partial charge in [0.25, 0.3) is 0 Å². The van der Waals surface area contributed by atoms with Gasteiger partial charge < -0.3 is 30.6 Å². The Labute approximate surface area is 82.3 Å². The Hall–Kier alpha value is -0.530. The zero-order chi connectivity index (χ0) is 11.0. The molecule has 3 atom stereocenters. The molecule has 3 unspecified atom stereocenters. The van der Waals surface area contributed by atoms with Crippen LogP contribution in [0.5, 0.6) is 0 Å². The molecule has 0 heterocycles. The van der Waals surface area contributed by atoms with Crippen molar-refractivity contribution in [2.24, 2.45) is 5.73 Å². The Morgan fingerprint density at radius 3 is 2.50 bits per heavy atom. The molecular weight excluding hydrogens is 190 g/mol. The van der Waals surface area contributed by atoms with Gasteiger partial charge in [-0.3, -0.25) is 0 Å². The van der Waals surface area contributed by atoms with Gasteiger partial charge in [0.15, 0.2) is 6.29 Å². The lowest BCUT2D eigenvalue weighted by molar-refractivity contribution is -0.136. The van der Waals surface area contributed by atoms with Crippen molar-refractivity contribution in [1.29, 1.82) is 0 Å². The summed E-state index contributed by atoms with van der Waals surface area (Å²) >= 11 is 0. The molecular formula is C8H17NO5. The van der Waals surface area contributed by atoms with E-state index in [-0.39, 0.29) is 6.61 Å². The second kappa shape index (κ2) is 7.84. The molecule has 6 heteroatoms. The van der Waals surface area contributed by atoms with Crippen LogP contribution in [0.15, 0.2) is 0 Å². The average molecular weight is 207 g/mol. The summed E-state index contributed by atoms with van der Waals surface area (Å²) in [5.74, 6) is 0. The maximum atomic E-state index is 10.5. The number of carbonyl (C=O) groups excluding carboxylic acids is 1. The molecule has 84 valence electrons. The highest BCUT2D eigenvalue weighted by Gasteiger charge is 2.25. The molecule has 0 saturated carbocycles. The second-order valence-corrected chi connectivity index (χ2v) is 2.85. The molecule has 0 aliphatic carbocycles. The summed E-state index contributed by atoms with van der Waals surface area (Å²) in [4.78, 5) is 10.5. The van der Waals surface area contributed by atoms with Crippen LogP contribution < -0.4 is 5.73 Å². The van der Waals surface area contributed by atoms with Crippen LogP contribution in [0.25, 0.3) is 0 Å². The third-order valence-corrected chi connectivity index (χ3v) is 1.71. The number of ether oxygens (including phenoxy) is 1. The smallest absolute Gasteiger partial charge is 0.151 e. The van der Waals surface area contributed by atoms with E-state index in [2.05, 4.69) is 0 Å². The standard InChI is InChI=1S/C8H17NO5/c9-2-1-3-14-7(5-11)8(13)6(12)4-10/h5-8,10,12-13H,1-4,9H2.